The molecule has 2 amide bonds. The van der Waals surface area contributed by atoms with Crippen LogP contribution in [0.25, 0.3) is 11.1 Å². The Morgan fingerprint density at radius 3 is 2.62 bits per heavy atom. The fourth-order valence-corrected chi connectivity index (χ4v) is 3.62. The van der Waals surface area contributed by atoms with E-state index >= 15 is 0 Å². The minimum Gasteiger partial charge on any atom is -0.384 e. The fourth-order valence-electron chi connectivity index (χ4n) is 3.62. The Bertz CT molecular complexity index is 865. The van der Waals surface area contributed by atoms with Gasteiger partial charge < -0.3 is 20.1 Å². The second-order valence-electron chi connectivity index (χ2n) is 7.51. The van der Waals surface area contributed by atoms with E-state index in [1.807, 2.05) is 24.3 Å². The van der Waals surface area contributed by atoms with Crippen molar-refractivity contribution in [3.8, 4) is 11.1 Å². The number of ether oxygens (including phenoxy) is 2. The molecule has 0 spiro atoms. The zero-order valence-electron chi connectivity index (χ0n) is 17.0. The number of nitrogens with two attached hydrogens (primary N) is 1. The molecule has 2 N–H and O–H groups in total. The van der Waals surface area contributed by atoms with E-state index in [4.69, 9.17) is 15.2 Å². The van der Waals surface area contributed by atoms with E-state index in [0.29, 0.717) is 19.6 Å². The summed E-state index contributed by atoms with van der Waals surface area (Å²) in [5.74, 6) is -0.614. The van der Waals surface area contributed by atoms with Crippen molar-refractivity contribution < 1.29 is 19.1 Å². The molecule has 0 aromatic heterocycles. The molecule has 1 heterocycles. The lowest BCUT2D eigenvalue weighted by Crippen LogP contribution is -2.61. The van der Waals surface area contributed by atoms with Gasteiger partial charge in [0, 0.05) is 20.1 Å². The number of methoxy groups -OCH3 is 1. The van der Waals surface area contributed by atoms with Gasteiger partial charge in [0.15, 0.2) is 5.60 Å². The number of rotatable bonds is 7. The molecule has 29 heavy (non-hydrogen) atoms. The second kappa shape index (κ2) is 9.20. The number of aryl methyl sites for hydroxylation is 1. The summed E-state index contributed by atoms with van der Waals surface area (Å²) in [6.45, 7) is 3.27. The number of benzene rings is 2. The first-order valence-corrected chi connectivity index (χ1v) is 9.80. The van der Waals surface area contributed by atoms with E-state index in [9.17, 15) is 9.59 Å². The van der Waals surface area contributed by atoms with Crippen molar-refractivity contribution in [2.24, 2.45) is 5.73 Å². The van der Waals surface area contributed by atoms with Crippen LogP contribution in [0.3, 0.4) is 0 Å². The summed E-state index contributed by atoms with van der Waals surface area (Å²) in [5, 5.41) is 0. The predicted octanol–water partition coefficient (Wildman–Crippen LogP) is 2.32. The van der Waals surface area contributed by atoms with Gasteiger partial charge in [0.25, 0.3) is 5.91 Å². The van der Waals surface area contributed by atoms with Crippen molar-refractivity contribution in [3.05, 3.63) is 59.7 Å². The average Bonchev–Trinajstić information content (AvgIpc) is 2.72. The van der Waals surface area contributed by atoms with E-state index < -0.39 is 11.5 Å². The lowest BCUT2D eigenvalue weighted by atomic mass is 9.90. The van der Waals surface area contributed by atoms with Crippen LogP contribution in [0.15, 0.2) is 48.5 Å². The average molecular weight is 396 g/mol. The van der Waals surface area contributed by atoms with Crippen molar-refractivity contribution in [2.75, 3.05) is 33.4 Å². The number of hydrogen-bond donors (Lipinski definition) is 1. The number of morpholine rings is 1. The molecule has 1 fully saturated rings. The van der Waals surface area contributed by atoms with Crippen LogP contribution in [0.4, 0.5) is 0 Å². The molecule has 0 aliphatic carbocycles. The molecule has 6 heteroatoms. The number of primary amides is 1. The number of nitrogens with zero attached hydrogens (tertiary/aromatic N) is 1. The summed E-state index contributed by atoms with van der Waals surface area (Å²) in [6, 6.07) is 16.3. The zero-order valence-corrected chi connectivity index (χ0v) is 17.0. The van der Waals surface area contributed by atoms with Crippen molar-refractivity contribution in [3.63, 3.8) is 0 Å². The molecular formula is C23H28N2O4. The van der Waals surface area contributed by atoms with Gasteiger partial charge in [0.05, 0.1) is 26.2 Å². The van der Waals surface area contributed by atoms with Crippen molar-refractivity contribution >= 4 is 11.8 Å². The zero-order chi connectivity index (χ0) is 20.9. The highest BCUT2D eigenvalue weighted by Crippen LogP contribution is 2.27. The van der Waals surface area contributed by atoms with Gasteiger partial charge in [-0.25, -0.2) is 0 Å². The monoisotopic (exact) mass is 396 g/mol. The largest absolute Gasteiger partial charge is 0.384 e. The third-order valence-corrected chi connectivity index (χ3v) is 5.31. The summed E-state index contributed by atoms with van der Waals surface area (Å²) < 4.78 is 10.9. The van der Waals surface area contributed by atoms with Gasteiger partial charge in [0.2, 0.25) is 5.91 Å². The molecule has 1 atom stereocenters. The summed E-state index contributed by atoms with van der Waals surface area (Å²) in [5.41, 5.74) is 8.83. The highest BCUT2D eigenvalue weighted by atomic mass is 16.5. The number of amides is 2. The van der Waals surface area contributed by atoms with Gasteiger partial charge >= 0.3 is 0 Å². The maximum atomic E-state index is 12.4. The SMILES string of the molecule is COCCC(=O)N1CCO[C@](Cc2cccc(-c3ccc(C)cc3)c2)(C(N)=O)C1. The van der Waals surface area contributed by atoms with Crippen LogP contribution in [0.5, 0.6) is 0 Å². The molecule has 0 bridgehead atoms. The van der Waals surface area contributed by atoms with E-state index in [0.717, 1.165) is 16.7 Å². The topological polar surface area (TPSA) is 81.9 Å². The molecule has 2 aromatic rings. The summed E-state index contributed by atoms with van der Waals surface area (Å²) in [7, 11) is 1.56. The van der Waals surface area contributed by atoms with Gasteiger partial charge in [-0.1, -0.05) is 54.1 Å². The lowest BCUT2D eigenvalue weighted by molar-refractivity contribution is -0.163. The highest BCUT2D eigenvalue weighted by Gasteiger charge is 2.43. The van der Waals surface area contributed by atoms with Crippen LogP contribution in [0.2, 0.25) is 0 Å². The molecule has 2 aromatic carbocycles. The maximum absolute atomic E-state index is 12.4. The standard InChI is InChI=1S/C23H28N2O4/c1-17-6-8-19(9-7-17)20-5-3-4-18(14-20)15-23(22(24)27)16-25(11-13-29-23)21(26)10-12-28-2/h3-9,14H,10-13,15-16H2,1-2H3,(H2,24,27)/t23-/m0/s1. The van der Waals surface area contributed by atoms with Crippen LogP contribution >= 0.6 is 0 Å². The Hall–Kier alpha value is -2.70. The number of hydrogen-bond acceptors (Lipinski definition) is 4. The van der Waals surface area contributed by atoms with Crippen LogP contribution in [-0.4, -0.2) is 55.7 Å². The molecule has 1 saturated heterocycles. The van der Waals surface area contributed by atoms with E-state index in [1.54, 1.807) is 12.0 Å². The van der Waals surface area contributed by atoms with Crippen molar-refractivity contribution in [1.82, 2.24) is 4.90 Å². The molecule has 3 rings (SSSR count). The lowest BCUT2D eigenvalue weighted by Gasteiger charge is -2.40. The molecule has 154 valence electrons. The molecular weight excluding hydrogens is 368 g/mol. The minimum atomic E-state index is -1.23. The summed E-state index contributed by atoms with van der Waals surface area (Å²) in [4.78, 5) is 26.5. The molecule has 1 aliphatic heterocycles. The van der Waals surface area contributed by atoms with Gasteiger partial charge in [0.1, 0.15) is 0 Å². The van der Waals surface area contributed by atoms with Crippen LogP contribution in [0.1, 0.15) is 17.5 Å². The fraction of sp³-hybridized carbons (Fsp3) is 0.391. The number of carbonyl (C=O) groups excluding carboxylic acids is 2. The predicted molar refractivity (Wildman–Crippen MR) is 111 cm³/mol. The van der Waals surface area contributed by atoms with Gasteiger partial charge in [-0.2, -0.15) is 0 Å². The van der Waals surface area contributed by atoms with Crippen LogP contribution in [-0.2, 0) is 25.5 Å². The Kier molecular flexibility index (Phi) is 6.67. The quantitative estimate of drug-likeness (QED) is 0.779. The Morgan fingerprint density at radius 2 is 1.93 bits per heavy atom. The van der Waals surface area contributed by atoms with E-state index in [1.165, 1.54) is 5.56 Å². The minimum absolute atomic E-state index is 0.0609. The first-order valence-electron chi connectivity index (χ1n) is 9.80. The first kappa shape index (κ1) is 21.0. The highest BCUT2D eigenvalue weighted by molar-refractivity contribution is 5.86. The van der Waals surface area contributed by atoms with E-state index in [-0.39, 0.29) is 25.5 Å². The summed E-state index contributed by atoms with van der Waals surface area (Å²) in [6.07, 6.45) is 0.588. The van der Waals surface area contributed by atoms with Crippen molar-refractivity contribution in [1.29, 1.82) is 0 Å². The summed E-state index contributed by atoms with van der Waals surface area (Å²) >= 11 is 0. The Morgan fingerprint density at radius 1 is 1.17 bits per heavy atom. The smallest absolute Gasteiger partial charge is 0.251 e. The first-order chi connectivity index (χ1) is 13.9. The number of carbonyl (C=O) groups is 2. The molecule has 0 saturated carbocycles. The third kappa shape index (κ3) is 5.02. The van der Waals surface area contributed by atoms with Gasteiger partial charge in [-0.3, -0.25) is 9.59 Å². The molecule has 1 aliphatic rings. The van der Waals surface area contributed by atoms with E-state index in [2.05, 4.69) is 31.2 Å². The molecule has 0 unspecified atom stereocenters. The Labute approximate surface area is 171 Å². The maximum Gasteiger partial charge on any atom is 0.251 e. The normalized spacial score (nSPS) is 19.2. The van der Waals surface area contributed by atoms with Crippen LogP contribution < -0.4 is 5.73 Å². The second-order valence-corrected chi connectivity index (χ2v) is 7.51. The van der Waals surface area contributed by atoms with Gasteiger partial charge in [-0.15, -0.1) is 0 Å². The molecule has 0 radical (unpaired) electrons. The van der Waals surface area contributed by atoms with Crippen molar-refractivity contribution in [2.45, 2.75) is 25.4 Å². The third-order valence-electron chi connectivity index (χ3n) is 5.31. The van der Waals surface area contributed by atoms with Gasteiger partial charge in [-0.05, 0) is 23.6 Å². The Balaban J connectivity index is 1.81. The van der Waals surface area contributed by atoms with Crippen LogP contribution in [0, 0.1) is 6.92 Å². The molecule has 6 nitrogen and oxygen atoms in total.